The summed E-state index contributed by atoms with van der Waals surface area (Å²) in [6.07, 6.45) is 0. The van der Waals surface area contributed by atoms with Gasteiger partial charge in [0, 0.05) is 11.1 Å². The molecule has 1 unspecified atom stereocenters. The summed E-state index contributed by atoms with van der Waals surface area (Å²) in [5.41, 5.74) is 0.938. The van der Waals surface area contributed by atoms with Gasteiger partial charge in [-0.2, -0.15) is 0 Å². The summed E-state index contributed by atoms with van der Waals surface area (Å²) in [5.74, 6) is -2.07. The highest BCUT2D eigenvalue weighted by Crippen LogP contribution is 2.46. The Morgan fingerprint density at radius 1 is 0.972 bits per heavy atom. The van der Waals surface area contributed by atoms with E-state index in [0.717, 1.165) is 0 Å². The minimum absolute atomic E-state index is 0.0449. The van der Waals surface area contributed by atoms with Gasteiger partial charge in [-0.3, -0.25) is 14.5 Å². The zero-order valence-electron chi connectivity index (χ0n) is 19.2. The van der Waals surface area contributed by atoms with Crippen LogP contribution >= 0.6 is 11.6 Å². The molecule has 0 fully saturated rings. The quantitative estimate of drug-likeness (QED) is 0.328. The largest absolute Gasteiger partial charge is 0.503 e. The third kappa shape index (κ3) is 3.63. The minimum Gasteiger partial charge on any atom is -0.503 e. The summed E-state index contributed by atoms with van der Waals surface area (Å²) in [4.78, 5) is 28.4. The molecule has 1 amide bonds. The molecule has 1 aromatic heterocycles. The highest BCUT2D eigenvalue weighted by Gasteiger charge is 2.46. The number of aliphatic hydroxyl groups is 1. The van der Waals surface area contributed by atoms with Crippen molar-refractivity contribution < 1.29 is 33.7 Å². The fourth-order valence-electron chi connectivity index (χ4n) is 4.36. The second kappa shape index (κ2) is 8.98. The first-order chi connectivity index (χ1) is 17.3. The smallest absolute Gasteiger partial charge is 0.294 e. The van der Waals surface area contributed by atoms with Gasteiger partial charge in [-0.05, 0) is 42.0 Å². The number of furan rings is 1. The first-order valence-corrected chi connectivity index (χ1v) is 11.2. The van der Waals surface area contributed by atoms with Crippen LogP contribution in [0.4, 0.5) is 5.69 Å². The zero-order valence-corrected chi connectivity index (χ0v) is 19.9. The van der Waals surface area contributed by atoms with Gasteiger partial charge < -0.3 is 24.1 Å². The number of ether oxygens (including phenoxy) is 2. The third-order valence-corrected chi connectivity index (χ3v) is 6.31. The van der Waals surface area contributed by atoms with Gasteiger partial charge in [-0.15, -0.1) is 0 Å². The Kier molecular flexibility index (Phi) is 5.81. The van der Waals surface area contributed by atoms with Crippen LogP contribution in [0.2, 0.25) is 5.02 Å². The number of aromatic hydroxyl groups is 1. The predicted octanol–water partition coefficient (Wildman–Crippen LogP) is 5.59. The molecule has 1 atom stereocenters. The van der Waals surface area contributed by atoms with E-state index in [-0.39, 0.29) is 27.9 Å². The number of phenols is 1. The number of anilines is 1. The van der Waals surface area contributed by atoms with E-state index in [4.69, 9.17) is 25.5 Å². The number of Topliss-reactive ketones (excluding diaryl/α,β-unsaturated/α-hetero) is 1. The number of methoxy groups -OCH3 is 2. The number of hydrogen-bond acceptors (Lipinski definition) is 7. The number of para-hydroxylation sites is 2. The average Bonchev–Trinajstić information content (AvgIpc) is 3.45. The number of carbonyl (C=O) groups is 2. The number of nitrogens with zero attached hydrogens (tertiary/aromatic N) is 1. The van der Waals surface area contributed by atoms with Crippen LogP contribution in [-0.2, 0) is 4.79 Å². The van der Waals surface area contributed by atoms with Gasteiger partial charge in [0.1, 0.15) is 0 Å². The maximum atomic E-state index is 13.8. The summed E-state index contributed by atoms with van der Waals surface area (Å²) in [7, 11) is 2.84. The van der Waals surface area contributed by atoms with Gasteiger partial charge in [-0.1, -0.05) is 41.9 Å². The highest BCUT2D eigenvalue weighted by molar-refractivity contribution is 6.32. The second-order valence-electron chi connectivity index (χ2n) is 8.05. The molecule has 36 heavy (non-hydrogen) atoms. The molecule has 0 spiro atoms. The van der Waals surface area contributed by atoms with E-state index in [1.54, 1.807) is 48.5 Å². The lowest BCUT2D eigenvalue weighted by Crippen LogP contribution is -2.31. The van der Waals surface area contributed by atoms with Crippen LogP contribution in [-0.4, -0.2) is 36.1 Å². The topological polar surface area (TPSA) is 109 Å². The summed E-state index contributed by atoms with van der Waals surface area (Å²) < 4.78 is 16.4. The van der Waals surface area contributed by atoms with Crippen LogP contribution < -0.4 is 14.4 Å². The van der Waals surface area contributed by atoms with Crippen molar-refractivity contribution in [2.24, 2.45) is 0 Å². The fraction of sp³-hybridized carbons (Fsp3) is 0.111. The van der Waals surface area contributed by atoms with Crippen molar-refractivity contribution in [1.82, 2.24) is 0 Å². The number of halogens is 1. The Hall–Kier alpha value is -4.43. The first kappa shape index (κ1) is 23.3. The zero-order chi connectivity index (χ0) is 25.6. The molecule has 8 nitrogen and oxygen atoms in total. The van der Waals surface area contributed by atoms with Gasteiger partial charge in [-0.25, -0.2) is 0 Å². The van der Waals surface area contributed by atoms with Crippen molar-refractivity contribution in [2.75, 3.05) is 19.1 Å². The molecule has 9 heteroatoms. The Morgan fingerprint density at radius 2 is 1.69 bits per heavy atom. The molecule has 0 bridgehead atoms. The van der Waals surface area contributed by atoms with E-state index in [1.165, 1.54) is 37.3 Å². The van der Waals surface area contributed by atoms with E-state index < -0.39 is 23.5 Å². The number of benzene rings is 3. The molecule has 3 aromatic carbocycles. The molecule has 2 heterocycles. The Bertz CT molecular complexity index is 1540. The number of ketones is 1. The number of aliphatic hydroxyl groups excluding tert-OH is 1. The number of phenolic OH excluding ortho intramolecular Hbond substituents is 1. The van der Waals surface area contributed by atoms with Crippen LogP contribution in [0, 0.1) is 0 Å². The molecule has 5 rings (SSSR count). The van der Waals surface area contributed by atoms with Crippen LogP contribution in [0.5, 0.6) is 17.2 Å². The van der Waals surface area contributed by atoms with Crippen molar-refractivity contribution in [3.63, 3.8) is 0 Å². The lowest BCUT2D eigenvalue weighted by molar-refractivity contribution is -0.117. The van der Waals surface area contributed by atoms with Crippen molar-refractivity contribution in [1.29, 1.82) is 0 Å². The average molecular weight is 506 g/mol. The highest BCUT2D eigenvalue weighted by atomic mass is 35.5. The predicted molar refractivity (Wildman–Crippen MR) is 133 cm³/mol. The monoisotopic (exact) mass is 505 g/mol. The Balaban J connectivity index is 1.70. The van der Waals surface area contributed by atoms with Gasteiger partial charge >= 0.3 is 0 Å². The first-order valence-electron chi connectivity index (χ1n) is 10.8. The standard InChI is InChI=1S/C27H20ClNO7/c1-34-18-10-6-7-14-12-20(36-26(14)18)24(31)21-22(15-11-17(28)23(30)19(13-15)35-2)29(27(33)25(21)32)16-8-4-3-5-9-16/h3-13,22,30,32H,1-2H3. The summed E-state index contributed by atoms with van der Waals surface area (Å²) in [5, 5.41) is 21.8. The summed E-state index contributed by atoms with van der Waals surface area (Å²) >= 11 is 6.24. The van der Waals surface area contributed by atoms with Gasteiger partial charge in [0.2, 0.25) is 5.78 Å². The van der Waals surface area contributed by atoms with Crippen molar-refractivity contribution in [3.8, 4) is 17.2 Å². The second-order valence-corrected chi connectivity index (χ2v) is 8.45. The number of hydrogen-bond donors (Lipinski definition) is 2. The number of fused-ring (bicyclic) bond motifs is 1. The molecule has 1 aliphatic heterocycles. The SMILES string of the molecule is COc1cc(C2C(C(=O)c3cc4cccc(OC)c4o3)=C(O)C(=O)N2c2ccccc2)cc(Cl)c1O. The van der Waals surface area contributed by atoms with Crippen molar-refractivity contribution >= 4 is 39.9 Å². The summed E-state index contributed by atoms with van der Waals surface area (Å²) in [6, 6.07) is 17.1. The third-order valence-electron chi connectivity index (χ3n) is 6.03. The summed E-state index contributed by atoms with van der Waals surface area (Å²) in [6.45, 7) is 0. The normalized spacial score (nSPS) is 15.6. The molecule has 0 saturated heterocycles. The minimum atomic E-state index is -1.09. The van der Waals surface area contributed by atoms with E-state index in [1.807, 2.05) is 0 Å². The fourth-order valence-corrected chi connectivity index (χ4v) is 4.58. The van der Waals surface area contributed by atoms with Gasteiger partial charge in [0.25, 0.3) is 5.91 Å². The molecule has 2 N–H and O–H groups in total. The van der Waals surface area contributed by atoms with Gasteiger partial charge in [0.05, 0.1) is 30.9 Å². The molecular weight excluding hydrogens is 486 g/mol. The van der Waals surface area contributed by atoms with E-state index in [2.05, 4.69) is 0 Å². The van der Waals surface area contributed by atoms with E-state index in [9.17, 15) is 19.8 Å². The molecule has 0 radical (unpaired) electrons. The number of rotatable bonds is 6. The van der Waals surface area contributed by atoms with Crippen LogP contribution in [0.15, 0.2) is 82.5 Å². The molecule has 0 saturated carbocycles. The van der Waals surface area contributed by atoms with Crippen molar-refractivity contribution in [3.05, 3.63) is 94.4 Å². The maximum absolute atomic E-state index is 13.8. The molecule has 1 aliphatic rings. The maximum Gasteiger partial charge on any atom is 0.294 e. The van der Waals surface area contributed by atoms with Crippen LogP contribution in [0.1, 0.15) is 22.2 Å². The van der Waals surface area contributed by atoms with E-state index in [0.29, 0.717) is 28.0 Å². The lowest BCUT2D eigenvalue weighted by Gasteiger charge is -2.27. The van der Waals surface area contributed by atoms with Gasteiger partial charge in [0.15, 0.2) is 34.4 Å². The molecule has 4 aromatic rings. The van der Waals surface area contributed by atoms with Crippen molar-refractivity contribution in [2.45, 2.75) is 6.04 Å². The molecule has 0 aliphatic carbocycles. The Labute approximate surface area is 210 Å². The van der Waals surface area contributed by atoms with Crippen LogP contribution in [0.3, 0.4) is 0 Å². The van der Waals surface area contributed by atoms with E-state index >= 15 is 0 Å². The number of amides is 1. The molecule has 182 valence electrons. The number of carbonyl (C=O) groups excluding carboxylic acids is 2. The van der Waals surface area contributed by atoms with Crippen LogP contribution in [0.25, 0.3) is 11.0 Å². The molecular formula is C27H20ClNO7. The lowest BCUT2D eigenvalue weighted by atomic mass is 9.94. The Morgan fingerprint density at radius 3 is 2.39 bits per heavy atom.